The van der Waals surface area contributed by atoms with E-state index in [9.17, 15) is 19.5 Å². The van der Waals surface area contributed by atoms with Crippen LogP contribution in [0.5, 0.6) is 5.75 Å². The topological polar surface area (TPSA) is 112 Å². The van der Waals surface area contributed by atoms with Crippen LogP contribution in [0.25, 0.3) is 10.9 Å². The van der Waals surface area contributed by atoms with Crippen LogP contribution in [0.1, 0.15) is 31.8 Å². The van der Waals surface area contributed by atoms with Crippen LogP contribution < -0.4 is 5.56 Å². The smallest absolute Gasteiger partial charge is 0.280 e. The van der Waals surface area contributed by atoms with Crippen LogP contribution in [-0.4, -0.2) is 21.7 Å². The minimum atomic E-state index is -0.618. The molecule has 1 aliphatic rings. The molecule has 144 valence electrons. The Kier molecular flexibility index (Phi) is 3.89. The van der Waals surface area contributed by atoms with Gasteiger partial charge in [-0.25, -0.2) is 0 Å². The standard InChI is InChI=1S/C23H13N3O4/c27-20-12-6-1-2-7-13(12)21(28)18-15(20)9-5-11-17(18)25-26-19-22(29)14-8-3-4-10-16(14)24-23(19)30/h1-11H,(H2,24,29,30). The molecule has 1 aliphatic carbocycles. The van der Waals surface area contributed by atoms with Gasteiger partial charge in [-0.1, -0.05) is 48.5 Å². The highest BCUT2D eigenvalue weighted by Gasteiger charge is 2.31. The summed E-state index contributed by atoms with van der Waals surface area (Å²) in [4.78, 5) is 40.8. The Morgan fingerprint density at radius 1 is 0.700 bits per heavy atom. The number of nitrogens with zero attached hydrogens (tertiary/aromatic N) is 2. The van der Waals surface area contributed by atoms with E-state index in [4.69, 9.17) is 0 Å². The highest BCUT2D eigenvalue weighted by molar-refractivity contribution is 6.29. The predicted octanol–water partition coefficient (Wildman–Crippen LogP) is 4.42. The molecule has 0 atom stereocenters. The van der Waals surface area contributed by atoms with Crippen LogP contribution in [0.3, 0.4) is 0 Å². The molecule has 0 amide bonds. The summed E-state index contributed by atoms with van der Waals surface area (Å²) < 4.78 is 0. The van der Waals surface area contributed by atoms with Crippen molar-refractivity contribution < 1.29 is 14.7 Å². The van der Waals surface area contributed by atoms with E-state index in [0.29, 0.717) is 22.0 Å². The number of H-pyrrole nitrogens is 1. The second-order valence-corrected chi connectivity index (χ2v) is 6.80. The van der Waals surface area contributed by atoms with Gasteiger partial charge in [0.2, 0.25) is 0 Å². The molecule has 0 radical (unpaired) electrons. The lowest BCUT2D eigenvalue weighted by Gasteiger charge is -2.18. The van der Waals surface area contributed by atoms with Crippen molar-refractivity contribution in [2.75, 3.05) is 0 Å². The van der Waals surface area contributed by atoms with Crippen molar-refractivity contribution in [1.29, 1.82) is 0 Å². The fourth-order valence-corrected chi connectivity index (χ4v) is 3.62. The summed E-state index contributed by atoms with van der Waals surface area (Å²) in [6.07, 6.45) is 0. The molecule has 0 aliphatic heterocycles. The Hall–Kier alpha value is -4.39. The Morgan fingerprint density at radius 2 is 1.37 bits per heavy atom. The van der Waals surface area contributed by atoms with Crippen LogP contribution in [0.4, 0.5) is 11.4 Å². The fraction of sp³-hybridized carbons (Fsp3) is 0. The zero-order chi connectivity index (χ0) is 20.8. The third-order valence-electron chi connectivity index (χ3n) is 5.06. The van der Waals surface area contributed by atoms with Gasteiger partial charge >= 0.3 is 0 Å². The molecule has 0 saturated heterocycles. The van der Waals surface area contributed by atoms with Crippen molar-refractivity contribution in [2.24, 2.45) is 10.2 Å². The van der Waals surface area contributed by atoms with Gasteiger partial charge in [0.15, 0.2) is 23.0 Å². The molecule has 7 nitrogen and oxygen atoms in total. The largest absolute Gasteiger partial charge is 0.505 e. The summed E-state index contributed by atoms with van der Waals surface area (Å²) >= 11 is 0. The van der Waals surface area contributed by atoms with E-state index in [-0.39, 0.29) is 39.8 Å². The highest BCUT2D eigenvalue weighted by Crippen LogP contribution is 2.35. The summed E-state index contributed by atoms with van der Waals surface area (Å²) in [6, 6.07) is 18.0. The maximum Gasteiger partial charge on any atom is 0.280 e. The first-order chi connectivity index (χ1) is 14.6. The van der Waals surface area contributed by atoms with Gasteiger partial charge in [-0.15, -0.1) is 10.2 Å². The molecule has 2 N–H and O–H groups in total. The average Bonchev–Trinajstić information content (AvgIpc) is 2.77. The van der Waals surface area contributed by atoms with Gasteiger partial charge in [0.05, 0.1) is 16.8 Å². The molecular weight excluding hydrogens is 382 g/mol. The molecule has 0 bridgehead atoms. The monoisotopic (exact) mass is 395 g/mol. The van der Waals surface area contributed by atoms with Gasteiger partial charge in [0, 0.05) is 22.1 Å². The van der Waals surface area contributed by atoms with Crippen molar-refractivity contribution in [3.8, 4) is 5.75 Å². The van der Waals surface area contributed by atoms with Crippen molar-refractivity contribution in [3.63, 3.8) is 0 Å². The van der Waals surface area contributed by atoms with Gasteiger partial charge in [0.1, 0.15) is 0 Å². The van der Waals surface area contributed by atoms with Gasteiger partial charge in [-0.05, 0) is 18.2 Å². The Labute approximate surface area is 169 Å². The Morgan fingerprint density at radius 3 is 2.17 bits per heavy atom. The molecule has 0 saturated carbocycles. The third kappa shape index (κ3) is 2.56. The average molecular weight is 395 g/mol. The molecule has 30 heavy (non-hydrogen) atoms. The Balaban J connectivity index is 1.66. The second kappa shape index (κ2) is 6.59. The SMILES string of the molecule is O=C1c2ccccc2C(=O)c2c(N=Nc3c(O)c4ccccc4[nH]c3=O)cccc21. The van der Waals surface area contributed by atoms with E-state index in [2.05, 4.69) is 15.2 Å². The quantitative estimate of drug-likeness (QED) is 0.431. The summed E-state index contributed by atoms with van der Waals surface area (Å²) in [7, 11) is 0. The summed E-state index contributed by atoms with van der Waals surface area (Å²) in [5.74, 6) is -0.925. The zero-order valence-corrected chi connectivity index (χ0v) is 15.4. The molecule has 7 heteroatoms. The van der Waals surface area contributed by atoms with E-state index in [1.54, 1.807) is 60.7 Å². The summed E-state index contributed by atoms with van der Waals surface area (Å²) in [5, 5.41) is 18.9. The van der Waals surface area contributed by atoms with Gasteiger partial charge in [-0.3, -0.25) is 14.4 Å². The molecule has 4 aromatic rings. The number of azo groups is 1. The summed E-state index contributed by atoms with van der Waals surface area (Å²) in [6.45, 7) is 0. The van der Waals surface area contributed by atoms with E-state index in [1.165, 1.54) is 6.07 Å². The lowest BCUT2D eigenvalue weighted by atomic mass is 9.83. The van der Waals surface area contributed by atoms with Crippen LogP contribution in [-0.2, 0) is 0 Å². The van der Waals surface area contributed by atoms with Crippen molar-refractivity contribution >= 4 is 33.8 Å². The zero-order valence-electron chi connectivity index (χ0n) is 15.4. The minimum absolute atomic E-state index is 0.127. The number of aromatic amines is 1. The number of para-hydroxylation sites is 1. The van der Waals surface area contributed by atoms with Crippen LogP contribution in [0, 0.1) is 0 Å². The molecule has 0 unspecified atom stereocenters. The van der Waals surface area contributed by atoms with E-state index >= 15 is 0 Å². The highest BCUT2D eigenvalue weighted by atomic mass is 16.3. The lowest BCUT2D eigenvalue weighted by Crippen LogP contribution is -2.20. The number of ketones is 2. The van der Waals surface area contributed by atoms with Gasteiger partial charge < -0.3 is 10.1 Å². The number of pyridine rings is 1. The second-order valence-electron chi connectivity index (χ2n) is 6.80. The van der Waals surface area contributed by atoms with E-state index < -0.39 is 5.56 Å². The first-order valence-corrected chi connectivity index (χ1v) is 9.13. The number of aromatic nitrogens is 1. The maximum absolute atomic E-state index is 13.0. The molecule has 0 fully saturated rings. The number of carbonyl (C=O) groups excluding carboxylic acids is 2. The predicted molar refractivity (Wildman–Crippen MR) is 110 cm³/mol. The number of aromatic hydroxyl groups is 1. The molecular formula is C23H13N3O4. The third-order valence-corrected chi connectivity index (χ3v) is 5.06. The van der Waals surface area contributed by atoms with Gasteiger partial charge in [-0.2, -0.15) is 0 Å². The first kappa shape index (κ1) is 17.7. The number of rotatable bonds is 2. The molecule has 0 spiro atoms. The van der Waals surface area contributed by atoms with E-state index in [1.807, 2.05) is 0 Å². The van der Waals surface area contributed by atoms with Crippen LogP contribution in [0.15, 0.2) is 81.8 Å². The molecule has 3 aromatic carbocycles. The van der Waals surface area contributed by atoms with E-state index in [0.717, 1.165) is 0 Å². The number of carbonyl (C=O) groups is 2. The number of hydrogen-bond acceptors (Lipinski definition) is 6. The van der Waals surface area contributed by atoms with Gasteiger partial charge in [0.25, 0.3) is 5.56 Å². The number of nitrogens with one attached hydrogen (secondary N) is 1. The lowest BCUT2D eigenvalue weighted by molar-refractivity contribution is 0.0979. The number of hydrogen-bond donors (Lipinski definition) is 2. The van der Waals surface area contributed by atoms with Crippen molar-refractivity contribution in [1.82, 2.24) is 4.98 Å². The number of fused-ring (bicyclic) bond motifs is 3. The maximum atomic E-state index is 13.0. The molecule has 1 heterocycles. The molecule has 5 rings (SSSR count). The first-order valence-electron chi connectivity index (χ1n) is 9.13. The van der Waals surface area contributed by atoms with Crippen LogP contribution in [0.2, 0.25) is 0 Å². The normalized spacial score (nSPS) is 12.9. The molecule has 1 aromatic heterocycles. The number of benzene rings is 3. The minimum Gasteiger partial charge on any atom is -0.505 e. The van der Waals surface area contributed by atoms with Crippen molar-refractivity contribution in [3.05, 3.63) is 99.3 Å². The van der Waals surface area contributed by atoms with Crippen LogP contribution >= 0.6 is 0 Å². The fourth-order valence-electron chi connectivity index (χ4n) is 3.62. The summed E-state index contributed by atoms with van der Waals surface area (Å²) in [5.41, 5.74) is 0.708. The Bertz CT molecular complexity index is 1470. The van der Waals surface area contributed by atoms with Crippen molar-refractivity contribution in [2.45, 2.75) is 0 Å².